The van der Waals surface area contributed by atoms with E-state index in [0.717, 1.165) is 29.8 Å². The number of H-pyrrole nitrogens is 1. The molecule has 0 atom stereocenters. The smallest absolute Gasteiger partial charge is 0.242 e. The van der Waals surface area contributed by atoms with Crippen LogP contribution in [0.4, 0.5) is 0 Å². The van der Waals surface area contributed by atoms with Gasteiger partial charge in [0.15, 0.2) is 0 Å². The van der Waals surface area contributed by atoms with Crippen molar-refractivity contribution in [1.82, 2.24) is 14.5 Å². The van der Waals surface area contributed by atoms with Gasteiger partial charge in [0.1, 0.15) is 0 Å². The van der Waals surface area contributed by atoms with Gasteiger partial charge < -0.3 is 0 Å². The van der Waals surface area contributed by atoms with E-state index in [2.05, 4.69) is 10.2 Å². The first kappa shape index (κ1) is 17.4. The van der Waals surface area contributed by atoms with Crippen LogP contribution in [-0.2, 0) is 16.4 Å². The minimum Gasteiger partial charge on any atom is -0.282 e. The highest BCUT2D eigenvalue weighted by atomic mass is 32.2. The third kappa shape index (κ3) is 4.15. The lowest BCUT2D eigenvalue weighted by molar-refractivity contribution is 0.460. The molecule has 25 heavy (non-hydrogen) atoms. The van der Waals surface area contributed by atoms with Gasteiger partial charge in [-0.05, 0) is 31.0 Å². The first-order valence-corrected chi connectivity index (χ1v) is 9.62. The van der Waals surface area contributed by atoms with Gasteiger partial charge in [0, 0.05) is 24.8 Å². The lowest BCUT2D eigenvalue weighted by Crippen LogP contribution is -2.28. The molecule has 0 unspecified atom stereocenters. The summed E-state index contributed by atoms with van der Waals surface area (Å²) in [6.07, 6.45) is 1.47. The van der Waals surface area contributed by atoms with E-state index in [9.17, 15) is 8.42 Å². The van der Waals surface area contributed by atoms with Crippen LogP contribution in [0.25, 0.3) is 11.3 Å². The molecule has 0 aliphatic rings. The zero-order valence-electron chi connectivity index (χ0n) is 14.1. The Bertz CT molecular complexity index is 906. The van der Waals surface area contributed by atoms with E-state index in [4.69, 9.17) is 0 Å². The van der Waals surface area contributed by atoms with Crippen LogP contribution >= 0.6 is 0 Å². The molecule has 6 heteroatoms. The number of aromatic nitrogens is 2. The Labute approximate surface area is 148 Å². The quantitative estimate of drug-likeness (QED) is 0.707. The fraction of sp³-hybridized carbons (Fsp3) is 0.211. The normalized spacial score (nSPS) is 11.8. The molecule has 1 N–H and O–H groups in total. The Morgan fingerprint density at radius 3 is 2.32 bits per heavy atom. The van der Waals surface area contributed by atoms with E-state index in [-0.39, 0.29) is 0 Å². The zero-order valence-corrected chi connectivity index (χ0v) is 14.9. The van der Waals surface area contributed by atoms with Crippen LogP contribution in [0.5, 0.6) is 0 Å². The average Bonchev–Trinajstić information content (AvgIpc) is 3.12. The number of hydrogen-bond donors (Lipinski definition) is 1. The minimum absolute atomic E-state index is 0.324. The monoisotopic (exact) mass is 355 g/mol. The summed E-state index contributed by atoms with van der Waals surface area (Å²) in [5, 5.41) is 7.35. The second-order valence-corrected chi connectivity index (χ2v) is 7.93. The molecule has 3 rings (SSSR count). The molecular formula is C19H21N3O2S. The molecule has 0 amide bonds. The van der Waals surface area contributed by atoms with Crippen molar-refractivity contribution in [2.75, 3.05) is 13.6 Å². The molecule has 3 aromatic rings. The number of aromatic amines is 1. The SMILES string of the molecule is CN(CCCc1cc(-c2ccccc2)n[nH]1)S(=O)(=O)c1ccccc1. The van der Waals surface area contributed by atoms with E-state index < -0.39 is 10.0 Å². The third-order valence-corrected chi connectivity index (χ3v) is 5.94. The van der Waals surface area contributed by atoms with Crippen molar-refractivity contribution in [2.24, 2.45) is 0 Å². The summed E-state index contributed by atoms with van der Waals surface area (Å²) in [5.74, 6) is 0. The Hall–Kier alpha value is -2.44. The number of aryl methyl sites for hydroxylation is 1. The number of nitrogens with zero attached hydrogens (tertiary/aromatic N) is 2. The van der Waals surface area contributed by atoms with E-state index in [1.807, 2.05) is 42.5 Å². The van der Waals surface area contributed by atoms with Crippen molar-refractivity contribution in [3.8, 4) is 11.3 Å². The summed E-state index contributed by atoms with van der Waals surface area (Å²) >= 11 is 0. The maximum atomic E-state index is 12.5. The third-order valence-electron chi connectivity index (χ3n) is 4.07. The Kier molecular flexibility index (Phi) is 5.31. The topological polar surface area (TPSA) is 66.1 Å². The fourth-order valence-electron chi connectivity index (χ4n) is 2.63. The molecule has 2 aromatic carbocycles. The number of sulfonamides is 1. The molecule has 1 heterocycles. The van der Waals surface area contributed by atoms with Gasteiger partial charge in [0.2, 0.25) is 10.0 Å². The lowest BCUT2D eigenvalue weighted by atomic mass is 10.1. The van der Waals surface area contributed by atoms with Crippen LogP contribution in [0.1, 0.15) is 12.1 Å². The van der Waals surface area contributed by atoms with Crippen LogP contribution in [0, 0.1) is 0 Å². The number of benzene rings is 2. The number of hydrogen-bond acceptors (Lipinski definition) is 3. The second kappa shape index (κ2) is 7.63. The molecule has 0 spiro atoms. The van der Waals surface area contributed by atoms with Crippen molar-refractivity contribution in [1.29, 1.82) is 0 Å². The fourth-order valence-corrected chi connectivity index (χ4v) is 3.86. The van der Waals surface area contributed by atoms with Gasteiger partial charge in [0.05, 0.1) is 10.6 Å². The van der Waals surface area contributed by atoms with Gasteiger partial charge >= 0.3 is 0 Å². The summed E-state index contributed by atoms with van der Waals surface area (Å²) < 4.78 is 26.3. The van der Waals surface area contributed by atoms with Gasteiger partial charge in [-0.15, -0.1) is 0 Å². The van der Waals surface area contributed by atoms with Crippen molar-refractivity contribution >= 4 is 10.0 Å². The molecule has 0 aliphatic heterocycles. The van der Waals surface area contributed by atoms with Crippen LogP contribution in [0.3, 0.4) is 0 Å². The van der Waals surface area contributed by atoms with Gasteiger partial charge in [-0.2, -0.15) is 5.10 Å². The minimum atomic E-state index is -3.42. The maximum absolute atomic E-state index is 12.5. The molecule has 0 saturated heterocycles. The first-order chi connectivity index (χ1) is 12.1. The maximum Gasteiger partial charge on any atom is 0.242 e. The molecule has 0 saturated carbocycles. The van der Waals surface area contributed by atoms with Crippen LogP contribution < -0.4 is 0 Å². The Morgan fingerprint density at radius 1 is 1.00 bits per heavy atom. The average molecular weight is 355 g/mol. The highest BCUT2D eigenvalue weighted by molar-refractivity contribution is 7.89. The highest BCUT2D eigenvalue weighted by Crippen LogP contribution is 2.18. The lowest BCUT2D eigenvalue weighted by Gasteiger charge is -2.16. The van der Waals surface area contributed by atoms with Crippen LogP contribution in [0.2, 0.25) is 0 Å². The largest absolute Gasteiger partial charge is 0.282 e. The summed E-state index contributed by atoms with van der Waals surface area (Å²) in [6.45, 7) is 0.455. The molecular weight excluding hydrogens is 334 g/mol. The van der Waals surface area contributed by atoms with E-state index in [1.54, 1.807) is 31.3 Å². The van der Waals surface area contributed by atoms with Gasteiger partial charge in [-0.25, -0.2) is 12.7 Å². The molecule has 130 valence electrons. The van der Waals surface area contributed by atoms with Gasteiger partial charge in [-0.1, -0.05) is 48.5 Å². The Morgan fingerprint density at radius 2 is 1.64 bits per heavy atom. The van der Waals surface area contributed by atoms with E-state index in [1.165, 1.54) is 4.31 Å². The van der Waals surface area contributed by atoms with Crippen molar-refractivity contribution in [2.45, 2.75) is 17.7 Å². The van der Waals surface area contributed by atoms with Crippen molar-refractivity contribution in [3.63, 3.8) is 0 Å². The molecule has 0 radical (unpaired) electrons. The highest BCUT2D eigenvalue weighted by Gasteiger charge is 2.19. The van der Waals surface area contributed by atoms with Gasteiger partial charge in [-0.3, -0.25) is 5.10 Å². The molecule has 1 aromatic heterocycles. The van der Waals surface area contributed by atoms with Crippen LogP contribution in [0.15, 0.2) is 71.6 Å². The summed E-state index contributed by atoms with van der Waals surface area (Å²) in [5.41, 5.74) is 2.97. The zero-order chi connectivity index (χ0) is 17.7. The number of rotatable bonds is 7. The van der Waals surface area contributed by atoms with Crippen molar-refractivity contribution < 1.29 is 8.42 Å². The molecule has 5 nitrogen and oxygen atoms in total. The predicted octanol–water partition coefficient (Wildman–Crippen LogP) is 3.33. The first-order valence-electron chi connectivity index (χ1n) is 8.18. The van der Waals surface area contributed by atoms with E-state index >= 15 is 0 Å². The van der Waals surface area contributed by atoms with Crippen molar-refractivity contribution in [3.05, 3.63) is 72.4 Å². The number of nitrogens with one attached hydrogen (secondary N) is 1. The predicted molar refractivity (Wildman–Crippen MR) is 98.6 cm³/mol. The Balaban J connectivity index is 1.57. The molecule has 0 fully saturated rings. The van der Waals surface area contributed by atoms with Crippen LogP contribution in [-0.4, -0.2) is 36.5 Å². The second-order valence-electron chi connectivity index (χ2n) is 5.89. The molecule has 0 bridgehead atoms. The standard InChI is InChI=1S/C19H21N3O2S/c1-22(25(23,24)18-12-6-3-7-13-18)14-8-11-17-15-19(21-20-17)16-9-4-2-5-10-16/h2-7,9-10,12-13,15H,8,11,14H2,1H3,(H,20,21). The summed E-state index contributed by atoms with van der Waals surface area (Å²) in [7, 11) is -1.81. The summed E-state index contributed by atoms with van der Waals surface area (Å²) in [6, 6.07) is 20.5. The van der Waals surface area contributed by atoms with Gasteiger partial charge in [0.25, 0.3) is 0 Å². The van der Waals surface area contributed by atoms with E-state index in [0.29, 0.717) is 11.4 Å². The molecule has 0 aliphatic carbocycles. The summed E-state index contributed by atoms with van der Waals surface area (Å²) in [4.78, 5) is 0.324.